The number of thioether (sulfide) groups is 1. The average Bonchev–Trinajstić information content (AvgIpc) is 2.74. The van der Waals surface area contributed by atoms with Gasteiger partial charge in [-0.3, -0.25) is 0 Å². The zero-order valence-electron chi connectivity index (χ0n) is 17.5. The fourth-order valence-corrected chi connectivity index (χ4v) is 3.66. The molecule has 0 aliphatic heterocycles. The molecule has 0 heterocycles. The number of benzene rings is 3. The Kier molecular flexibility index (Phi) is 7.62. The summed E-state index contributed by atoms with van der Waals surface area (Å²) in [4.78, 5) is -0.337. The van der Waals surface area contributed by atoms with Crippen molar-refractivity contribution in [2.45, 2.75) is 38.0 Å². The third-order valence-corrected chi connectivity index (χ3v) is 5.65. The summed E-state index contributed by atoms with van der Waals surface area (Å²) in [5.41, 5.74) is 2.59. The Morgan fingerprint density at radius 3 is 2.06 bits per heavy atom. The van der Waals surface area contributed by atoms with E-state index in [2.05, 4.69) is 11.8 Å². The largest absolute Gasteiger partial charge is 0.207 e. The molecule has 0 saturated heterocycles. The highest BCUT2D eigenvalue weighted by Gasteiger charge is 2.14. The maximum Gasteiger partial charge on any atom is 0.141 e. The van der Waals surface area contributed by atoms with Gasteiger partial charge >= 0.3 is 0 Å². The van der Waals surface area contributed by atoms with E-state index in [1.165, 1.54) is 24.3 Å². The first-order chi connectivity index (χ1) is 15.3. The standard InChI is InChI=1S/C26H19F4NS/c1-3-4-5-21-22(27)11-17(12-23(21)28)6-7-18-8-9-19(10-16(18)2)20-13-24(29)26(32-15-31)25(30)14-20/h8-14H,3-5H2,1-2H3. The number of halogens is 4. The van der Waals surface area contributed by atoms with Crippen molar-refractivity contribution < 1.29 is 17.6 Å². The van der Waals surface area contributed by atoms with Crippen LogP contribution in [0.3, 0.4) is 0 Å². The molecule has 32 heavy (non-hydrogen) atoms. The molecule has 0 aromatic heterocycles. The molecule has 162 valence electrons. The van der Waals surface area contributed by atoms with Gasteiger partial charge in [-0.15, -0.1) is 0 Å². The number of thiocyanates is 1. The first-order valence-corrected chi connectivity index (χ1v) is 10.8. The Balaban J connectivity index is 1.88. The van der Waals surface area contributed by atoms with Crippen LogP contribution in [0.4, 0.5) is 17.6 Å². The summed E-state index contributed by atoms with van der Waals surface area (Å²) in [5.74, 6) is 2.87. The molecule has 0 N–H and O–H groups in total. The first-order valence-electron chi connectivity index (χ1n) is 10.00. The molecule has 0 radical (unpaired) electrons. The van der Waals surface area contributed by atoms with E-state index in [1.807, 2.05) is 6.92 Å². The molecule has 0 aliphatic carbocycles. The number of nitrogens with zero attached hydrogens (tertiary/aromatic N) is 1. The molecular formula is C26H19F4NS. The van der Waals surface area contributed by atoms with Crippen LogP contribution >= 0.6 is 11.8 Å². The van der Waals surface area contributed by atoms with Gasteiger partial charge in [0.1, 0.15) is 28.7 Å². The predicted octanol–water partition coefficient (Wildman–Crippen LogP) is 7.53. The van der Waals surface area contributed by atoms with Crippen LogP contribution in [0.25, 0.3) is 11.1 Å². The zero-order chi connectivity index (χ0) is 23.3. The highest BCUT2D eigenvalue weighted by molar-refractivity contribution is 8.03. The van der Waals surface area contributed by atoms with Gasteiger partial charge < -0.3 is 0 Å². The summed E-state index contributed by atoms with van der Waals surface area (Å²) in [7, 11) is 0. The monoisotopic (exact) mass is 453 g/mol. The lowest BCUT2D eigenvalue weighted by atomic mass is 9.99. The van der Waals surface area contributed by atoms with Gasteiger partial charge in [-0.05, 0) is 78.5 Å². The number of unbranched alkanes of at least 4 members (excludes halogenated alkanes) is 1. The second-order valence-corrected chi connectivity index (χ2v) is 8.06. The van der Waals surface area contributed by atoms with Crippen molar-refractivity contribution in [2.75, 3.05) is 0 Å². The average molecular weight is 454 g/mol. The highest BCUT2D eigenvalue weighted by Crippen LogP contribution is 2.30. The molecule has 1 nitrogen and oxygen atoms in total. The third-order valence-electron chi connectivity index (χ3n) is 4.97. The minimum Gasteiger partial charge on any atom is -0.207 e. The van der Waals surface area contributed by atoms with Gasteiger partial charge in [0, 0.05) is 16.7 Å². The third kappa shape index (κ3) is 5.33. The second-order valence-electron chi connectivity index (χ2n) is 7.26. The van der Waals surface area contributed by atoms with E-state index in [0.29, 0.717) is 41.3 Å². The molecule has 0 aliphatic rings. The summed E-state index contributed by atoms with van der Waals surface area (Å²) in [6, 6.07) is 9.90. The maximum absolute atomic E-state index is 14.2. The van der Waals surface area contributed by atoms with Crippen molar-refractivity contribution in [3.63, 3.8) is 0 Å². The molecule has 0 fully saturated rings. The van der Waals surface area contributed by atoms with Gasteiger partial charge in [0.2, 0.25) is 0 Å². The van der Waals surface area contributed by atoms with Crippen LogP contribution in [-0.4, -0.2) is 0 Å². The van der Waals surface area contributed by atoms with E-state index in [1.54, 1.807) is 30.5 Å². The molecule has 6 heteroatoms. The molecule has 0 unspecified atom stereocenters. The molecule has 3 rings (SSSR count). The Morgan fingerprint density at radius 1 is 0.844 bits per heavy atom. The maximum atomic E-state index is 14.2. The SMILES string of the molecule is CCCCc1c(F)cc(C#Cc2ccc(-c3cc(F)c(SC#N)c(F)c3)cc2C)cc1F. The lowest BCUT2D eigenvalue weighted by Crippen LogP contribution is -1.97. The van der Waals surface area contributed by atoms with Crippen LogP contribution in [0.15, 0.2) is 47.4 Å². The fraction of sp³-hybridized carbons (Fsp3) is 0.192. The van der Waals surface area contributed by atoms with E-state index in [-0.39, 0.29) is 16.0 Å². The van der Waals surface area contributed by atoms with Crippen LogP contribution in [0.1, 0.15) is 42.0 Å². The molecule has 3 aromatic rings. The number of aryl methyl sites for hydroxylation is 1. The van der Waals surface area contributed by atoms with Crippen molar-refractivity contribution in [3.05, 3.63) is 88.0 Å². The van der Waals surface area contributed by atoms with Gasteiger partial charge in [-0.25, -0.2) is 17.6 Å². The van der Waals surface area contributed by atoms with E-state index in [4.69, 9.17) is 5.26 Å². The first kappa shape index (κ1) is 23.4. The predicted molar refractivity (Wildman–Crippen MR) is 119 cm³/mol. The zero-order valence-corrected chi connectivity index (χ0v) is 18.3. The lowest BCUT2D eigenvalue weighted by molar-refractivity contribution is 0.542. The van der Waals surface area contributed by atoms with Crippen molar-refractivity contribution in [2.24, 2.45) is 0 Å². The summed E-state index contributed by atoms with van der Waals surface area (Å²) in [6.45, 7) is 3.74. The van der Waals surface area contributed by atoms with E-state index < -0.39 is 23.3 Å². The van der Waals surface area contributed by atoms with Crippen LogP contribution in [0.2, 0.25) is 0 Å². The fourth-order valence-electron chi connectivity index (χ4n) is 3.26. The minimum absolute atomic E-state index is 0.0802. The Labute approximate surface area is 189 Å². The van der Waals surface area contributed by atoms with Crippen molar-refractivity contribution in [1.29, 1.82) is 5.26 Å². The number of rotatable bonds is 5. The van der Waals surface area contributed by atoms with Gasteiger partial charge in [0.05, 0.1) is 4.90 Å². The van der Waals surface area contributed by atoms with Crippen LogP contribution < -0.4 is 0 Å². The van der Waals surface area contributed by atoms with Crippen LogP contribution in [0, 0.1) is 52.7 Å². The second kappa shape index (κ2) is 10.4. The van der Waals surface area contributed by atoms with Crippen molar-refractivity contribution >= 4 is 11.8 Å². The summed E-state index contributed by atoms with van der Waals surface area (Å²) < 4.78 is 56.7. The molecule has 0 bridgehead atoms. The topological polar surface area (TPSA) is 23.8 Å². The Bertz CT molecular complexity index is 1220. The van der Waals surface area contributed by atoms with Crippen molar-refractivity contribution in [1.82, 2.24) is 0 Å². The lowest BCUT2D eigenvalue weighted by Gasteiger charge is -2.08. The van der Waals surface area contributed by atoms with E-state index in [9.17, 15) is 17.6 Å². The highest BCUT2D eigenvalue weighted by atomic mass is 32.2. The van der Waals surface area contributed by atoms with E-state index in [0.717, 1.165) is 12.0 Å². The number of hydrogen-bond donors (Lipinski definition) is 0. The van der Waals surface area contributed by atoms with Gasteiger partial charge in [-0.2, -0.15) is 5.26 Å². The minimum atomic E-state index is -0.806. The van der Waals surface area contributed by atoms with Crippen LogP contribution in [-0.2, 0) is 6.42 Å². The summed E-state index contributed by atoms with van der Waals surface area (Å²) in [5, 5.41) is 10.3. The Hall–Kier alpha value is -3.22. The summed E-state index contributed by atoms with van der Waals surface area (Å²) in [6.07, 6.45) is 1.90. The van der Waals surface area contributed by atoms with Crippen LogP contribution in [0.5, 0.6) is 0 Å². The van der Waals surface area contributed by atoms with E-state index >= 15 is 0 Å². The molecule has 3 aromatic carbocycles. The smallest absolute Gasteiger partial charge is 0.141 e. The van der Waals surface area contributed by atoms with Crippen molar-refractivity contribution in [3.8, 4) is 28.4 Å². The van der Waals surface area contributed by atoms with Gasteiger partial charge in [0.25, 0.3) is 0 Å². The van der Waals surface area contributed by atoms with Gasteiger partial charge in [-0.1, -0.05) is 37.3 Å². The number of nitriles is 1. The molecular weight excluding hydrogens is 434 g/mol. The molecule has 0 atom stereocenters. The Morgan fingerprint density at radius 2 is 1.50 bits per heavy atom. The molecule has 0 saturated carbocycles. The summed E-state index contributed by atoms with van der Waals surface area (Å²) >= 11 is 0.433. The normalized spacial score (nSPS) is 10.4. The van der Waals surface area contributed by atoms with Gasteiger partial charge in [0.15, 0.2) is 0 Å². The molecule has 0 spiro atoms. The molecule has 0 amide bonds. The quantitative estimate of drug-likeness (QED) is 0.173. The number of hydrogen-bond acceptors (Lipinski definition) is 2.